The maximum Gasteiger partial charge on any atom is 0.326 e. The zero-order chi connectivity index (χ0) is 16.3. The highest BCUT2D eigenvalue weighted by molar-refractivity contribution is 9.10. The number of fused-ring (bicyclic) bond motifs is 1. The second kappa shape index (κ2) is 6.96. The summed E-state index contributed by atoms with van der Waals surface area (Å²) in [6, 6.07) is 6.89. The van der Waals surface area contributed by atoms with Gasteiger partial charge in [0.1, 0.15) is 12.6 Å². The van der Waals surface area contributed by atoms with E-state index in [2.05, 4.69) is 21.2 Å². The normalized spacial score (nSPS) is 13.8. The second-order valence-corrected chi connectivity index (χ2v) is 6.33. The highest BCUT2D eigenvalue weighted by atomic mass is 79.9. The Morgan fingerprint density at radius 3 is 2.73 bits per heavy atom. The number of hydrogen-bond donors (Lipinski definition) is 2. The van der Waals surface area contributed by atoms with Gasteiger partial charge in [-0.25, -0.2) is 4.79 Å². The van der Waals surface area contributed by atoms with Gasteiger partial charge in [-0.2, -0.15) is 0 Å². The van der Waals surface area contributed by atoms with E-state index in [-0.39, 0.29) is 18.4 Å². The molecule has 2 rings (SSSR count). The predicted molar refractivity (Wildman–Crippen MR) is 88.7 cm³/mol. The van der Waals surface area contributed by atoms with Crippen LogP contribution in [0.2, 0.25) is 0 Å². The smallest absolute Gasteiger partial charge is 0.326 e. The highest BCUT2D eigenvalue weighted by Gasteiger charge is 2.25. The Labute approximate surface area is 137 Å². The molecule has 0 bridgehead atoms. The Balaban J connectivity index is 2.11. The Bertz CT molecular complexity index is 696. The van der Waals surface area contributed by atoms with Crippen LogP contribution in [-0.2, 0) is 16.1 Å². The Hall–Kier alpha value is -1.82. The van der Waals surface area contributed by atoms with Crippen molar-refractivity contribution in [3.05, 3.63) is 34.9 Å². The fraction of sp³-hybridized carbons (Fsp3) is 0.375. The van der Waals surface area contributed by atoms with E-state index in [1.807, 2.05) is 48.9 Å². The summed E-state index contributed by atoms with van der Waals surface area (Å²) in [5, 5.41) is 12.9. The second-order valence-electron chi connectivity index (χ2n) is 5.42. The SMILES string of the molecule is CCC(C)C(NC(=O)Cn1ccc2cc(Br)ccc21)C(=O)O. The van der Waals surface area contributed by atoms with Gasteiger partial charge in [-0.05, 0) is 30.2 Å². The molecule has 0 saturated carbocycles. The van der Waals surface area contributed by atoms with Crippen LogP contribution >= 0.6 is 15.9 Å². The van der Waals surface area contributed by atoms with Gasteiger partial charge >= 0.3 is 5.97 Å². The molecule has 0 spiro atoms. The molecule has 118 valence electrons. The predicted octanol–water partition coefficient (Wildman–Crippen LogP) is 3.02. The number of carboxylic acids is 1. The average molecular weight is 367 g/mol. The third-order valence-corrected chi connectivity index (χ3v) is 4.34. The van der Waals surface area contributed by atoms with Crippen molar-refractivity contribution in [2.24, 2.45) is 5.92 Å². The van der Waals surface area contributed by atoms with Crippen molar-refractivity contribution in [2.45, 2.75) is 32.9 Å². The Kier molecular flexibility index (Phi) is 5.24. The number of carbonyl (C=O) groups excluding carboxylic acids is 1. The Morgan fingerprint density at radius 1 is 1.36 bits per heavy atom. The molecule has 0 aliphatic rings. The molecule has 1 heterocycles. The van der Waals surface area contributed by atoms with E-state index < -0.39 is 12.0 Å². The maximum absolute atomic E-state index is 12.2. The van der Waals surface area contributed by atoms with Crippen LogP contribution in [0.1, 0.15) is 20.3 Å². The number of carbonyl (C=O) groups is 2. The van der Waals surface area contributed by atoms with E-state index in [9.17, 15) is 14.7 Å². The van der Waals surface area contributed by atoms with Crippen molar-refractivity contribution >= 4 is 38.7 Å². The number of nitrogens with zero attached hydrogens (tertiary/aromatic N) is 1. The largest absolute Gasteiger partial charge is 0.480 e. The van der Waals surface area contributed by atoms with Crippen molar-refractivity contribution in [1.82, 2.24) is 9.88 Å². The number of aliphatic carboxylic acids is 1. The summed E-state index contributed by atoms with van der Waals surface area (Å²) in [5.74, 6) is -1.41. The van der Waals surface area contributed by atoms with E-state index >= 15 is 0 Å². The third-order valence-electron chi connectivity index (χ3n) is 3.84. The van der Waals surface area contributed by atoms with Crippen molar-refractivity contribution in [3.63, 3.8) is 0 Å². The van der Waals surface area contributed by atoms with Crippen LogP contribution < -0.4 is 5.32 Å². The van der Waals surface area contributed by atoms with Gasteiger partial charge in [0, 0.05) is 21.6 Å². The zero-order valence-corrected chi connectivity index (χ0v) is 14.1. The average Bonchev–Trinajstić information content (AvgIpc) is 2.85. The van der Waals surface area contributed by atoms with Crippen LogP contribution in [0.5, 0.6) is 0 Å². The molecule has 2 aromatic rings. The summed E-state index contributed by atoms with van der Waals surface area (Å²) < 4.78 is 2.79. The number of halogens is 1. The molecule has 0 aliphatic carbocycles. The van der Waals surface area contributed by atoms with Crippen molar-refractivity contribution in [3.8, 4) is 0 Å². The molecule has 2 unspecified atom stereocenters. The summed E-state index contributed by atoms with van der Waals surface area (Å²) in [6.45, 7) is 3.83. The summed E-state index contributed by atoms with van der Waals surface area (Å²) in [4.78, 5) is 23.4. The molecule has 1 amide bonds. The number of nitrogens with one attached hydrogen (secondary N) is 1. The molecule has 2 atom stereocenters. The van der Waals surface area contributed by atoms with E-state index in [4.69, 9.17) is 0 Å². The lowest BCUT2D eigenvalue weighted by Gasteiger charge is -2.20. The fourth-order valence-electron chi connectivity index (χ4n) is 2.37. The number of hydrogen-bond acceptors (Lipinski definition) is 2. The van der Waals surface area contributed by atoms with Crippen molar-refractivity contribution in [1.29, 1.82) is 0 Å². The summed E-state index contributed by atoms with van der Waals surface area (Å²) in [7, 11) is 0. The lowest BCUT2D eigenvalue weighted by molar-refractivity contribution is -0.143. The van der Waals surface area contributed by atoms with Gasteiger partial charge in [0.15, 0.2) is 0 Å². The summed E-state index contributed by atoms with van der Waals surface area (Å²) in [6.07, 6.45) is 2.52. The monoisotopic (exact) mass is 366 g/mol. The molecule has 0 fully saturated rings. The third kappa shape index (κ3) is 3.68. The number of benzene rings is 1. The van der Waals surface area contributed by atoms with Gasteiger partial charge in [-0.15, -0.1) is 0 Å². The molecule has 6 heteroatoms. The lowest BCUT2D eigenvalue weighted by atomic mass is 9.99. The molecule has 22 heavy (non-hydrogen) atoms. The van der Waals surface area contributed by atoms with Crippen LogP contribution in [0.3, 0.4) is 0 Å². The first-order valence-electron chi connectivity index (χ1n) is 7.19. The number of amides is 1. The minimum Gasteiger partial charge on any atom is -0.480 e. The van der Waals surface area contributed by atoms with E-state index in [0.29, 0.717) is 6.42 Å². The number of rotatable bonds is 6. The zero-order valence-electron chi connectivity index (χ0n) is 12.5. The van der Waals surface area contributed by atoms with Crippen LogP contribution in [0.15, 0.2) is 34.9 Å². The lowest BCUT2D eigenvalue weighted by Crippen LogP contribution is -2.46. The molecular weight excluding hydrogens is 348 g/mol. The van der Waals surface area contributed by atoms with Crippen molar-refractivity contribution < 1.29 is 14.7 Å². The number of carboxylic acid groups (broad SMARTS) is 1. The first-order valence-corrected chi connectivity index (χ1v) is 7.98. The minimum atomic E-state index is -0.996. The first kappa shape index (κ1) is 16.5. The van der Waals surface area contributed by atoms with Gasteiger partial charge < -0.3 is 15.0 Å². The van der Waals surface area contributed by atoms with Gasteiger partial charge in [0.05, 0.1) is 0 Å². The van der Waals surface area contributed by atoms with Crippen LogP contribution in [0.25, 0.3) is 10.9 Å². The molecule has 0 aliphatic heterocycles. The molecule has 5 nitrogen and oxygen atoms in total. The first-order chi connectivity index (χ1) is 10.4. The molecular formula is C16H19BrN2O3. The molecule has 1 aromatic carbocycles. The van der Waals surface area contributed by atoms with Crippen LogP contribution in [0.4, 0.5) is 0 Å². The van der Waals surface area contributed by atoms with Crippen LogP contribution in [0, 0.1) is 5.92 Å². The molecule has 1 aromatic heterocycles. The van der Waals surface area contributed by atoms with Gasteiger partial charge in [-0.3, -0.25) is 4.79 Å². The van der Waals surface area contributed by atoms with Gasteiger partial charge in [-0.1, -0.05) is 36.2 Å². The molecule has 0 saturated heterocycles. The van der Waals surface area contributed by atoms with Crippen molar-refractivity contribution in [2.75, 3.05) is 0 Å². The standard InChI is InChI=1S/C16H19BrN2O3/c1-3-10(2)15(16(21)22)18-14(20)9-19-7-6-11-8-12(17)4-5-13(11)19/h4-8,10,15H,3,9H2,1-2H3,(H,18,20)(H,21,22). The van der Waals surface area contributed by atoms with Gasteiger partial charge in [0.2, 0.25) is 5.91 Å². The highest BCUT2D eigenvalue weighted by Crippen LogP contribution is 2.20. The van der Waals surface area contributed by atoms with E-state index in [1.165, 1.54) is 0 Å². The number of aromatic nitrogens is 1. The summed E-state index contributed by atoms with van der Waals surface area (Å²) in [5.41, 5.74) is 0.939. The Morgan fingerprint density at radius 2 is 2.09 bits per heavy atom. The molecule has 0 radical (unpaired) electrons. The quantitative estimate of drug-likeness (QED) is 0.825. The topological polar surface area (TPSA) is 71.3 Å². The van der Waals surface area contributed by atoms with Crippen LogP contribution in [-0.4, -0.2) is 27.6 Å². The van der Waals surface area contributed by atoms with Gasteiger partial charge in [0.25, 0.3) is 0 Å². The van der Waals surface area contributed by atoms with E-state index in [1.54, 1.807) is 0 Å². The maximum atomic E-state index is 12.2. The molecule has 2 N–H and O–H groups in total. The van der Waals surface area contributed by atoms with E-state index in [0.717, 1.165) is 15.4 Å². The summed E-state index contributed by atoms with van der Waals surface area (Å²) >= 11 is 3.41. The fourth-order valence-corrected chi connectivity index (χ4v) is 2.74. The minimum absolute atomic E-state index is 0.103.